The Hall–Kier alpha value is -3.62. The summed E-state index contributed by atoms with van der Waals surface area (Å²) >= 11 is 0. The Kier molecular flexibility index (Phi) is 9.59. The fraction of sp³-hybridized carbons (Fsp3) is 0.360. The lowest BCUT2D eigenvalue weighted by Gasteiger charge is -2.28. The van der Waals surface area contributed by atoms with Crippen molar-refractivity contribution < 1.29 is 41.0 Å². The lowest BCUT2D eigenvalue weighted by molar-refractivity contribution is -0.192. The molecule has 3 aromatic rings. The molecule has 1 amide bonds. The van der Waals surface area contributed by atoms with Crippen LogP contribution in [0.3, 0.4) is 0 Å². The van der Waals surface area contributed by atoms with Gasteiger partial charge in [0.1, 0.15) is 11.4 Å². The van der Waals surface area contributed by atoms with E-state index in [1.807, 2.05) is 0 Å². The first-order valence-electron chi connectivity index (χ1n) is 11.9. The second-order valence-corrected chi connectivity index (χ2v) is 10.3. The van der Waals surface area contributed by atoms with Crippen LogP contribution in [-0.4, -0.2) is 80.3 Å². The summed E-state index contributed by atoms with van der Waals surface area (Å²) in [5, 5.41) is 13.9. The summed E-state index contributed by atoms with van der Waals surface area (Å²) in [6.07, 6.45) is -5.08. The van der Waals surface area contributed by atoms with Crippen molar-refractivity contribution >= 4 is 32.8 Å². The number of benzene rings is 2. The minimum Gasteiger partial charge on any atom is -0.496 e. The number of carboxylic acids is 1. The van der Waals surface area contributed by atoms with E-state index in [2.05, 4.69) is 15.5 Å². The number of aromatic nitrogens is 1. The smallest absolute Gasteiger partial charge is 0.490 e. The minimum absolute atomic E-state index is 0.0838. The van der Waals surface area contributed by atoms with Crippen LogP contribution in [0.4, 0.5) is 13.2 Å². The zero-order valence-electron chi connectivity index (χ0n) is 21.3. The van der Waals surface area contributed by atoms with E-state index in [1.54, 1.807) is 50.4 Å². The number of carbonyl (C=O) groups is 2. The first-order valence-corrected chi connectivity index (χ1v) is 13.4. The molecule has 3 N–H and O–H groups in total. The van der Waals surface area contributed by atoms with Crippen molar-refractivity contribution in [2.45, 2.75) is 24.5 Å². The van der Waals surface area contributed by atoms with Crippen molar-refractivity contribution in [3.8, 4) is 5.75 Å². The molecular formula is C25H29F3N4O6S. The molecule has 0 saturated carbocycles. The van der Waals surface area contributed by atoms with E-state index in [9.17, 15) is 26.4 Å². The fourth-order valence-corrected chi connectivity index (χ4v) is 5.63. The number of nitrogens with zero attached hydrogens (tertiary/aromatic N) is 2. The number of methoxy groups -OCH3 is 1. The van der Waals surface area contributed by atoms with Crippen LogP contribution in [0, 0.1) is 0 Å². The van der Waals surface area contributed by atoms with Crippen molar-refractivity contribution in [2.24, 2.45) is 0 Å². The molecule has 2 aromatic carbocycles. The zero-order chi connectivity index (χ0) is 28.8. The number of rotatable bonds is 7. The number of ether oxygens (including phenoxy) is 1. The van der Waals surface area contributed by atoms with Crippen LogP contribution in [0.25, 0.3) is 10.9 Å². The highest BCUT2D eigenvalue weighted by molar-refractivity contribution is 7.90. The Morgan fingerprint density at radius 3 is 2.26 bits per heavy atom. The SMILES string of the molecule is CCNC(=O)c1cc2c(CN3CCNCC3)c(OC)ccc2n1S(=O)(=O)c1ccccc1.O=C(O)C(F)(F)F. The molecule has 1 aliphatic rings. The van der Waals surface area contributed by atoms with E-state index in [1.165, 1.54) is 12.1 Å². The molecule has 1 fully saturated rings. The average Bonchev–Trinajstić information content (AvgIpc) is 3.31. The molecule has 10 nitrogen and oxygen atoms in total. The van der Waals surface area contributed by atoms with E-state index in [4.69, 9.17) is 14.6 Å². The van der Waals surface area contributed by atoms with Crippen LogP contribution in [0.2, 0.25) is 0 Å². The quantitative estimate of drug-likeness (QED) is 0.396. The Balaban J connectivity index is 0.000000532. The lowest BCUT2D eigenvalue weighted by Crippen LogP contribution is -2.42. The monoisotopic (exact) mass is 570 g/mol. The maximum absolute atomic E-state index is 13.6. The van der Waals surface area contributed by atoms with Gasteiger partial charge in [0.2, 0.25) is 0 Å². The number of amides is 1. The number of hydrogen-bond donors (Lipinski definition) is 3. The van der Waals surface area contributed by atoms with Crippen molar-refractivity contribution in [1.29, 1.82) is 0 Å². The summed E-state index contributed by atoms with van der Waals surface area (Å²) in [4.78, 5) is 24.2. The number of carboxylic acid groups (broad SMARTS) is 1. The molecule has 0 bridgehead atoms. The number of aliphatic carboxylic acids is 1. The number of alkyl halides is 3. The number of carbonyl (C=O) groups excluding carboxylic acids is 1. The van der Waals surface area contributed by atoms with Crippen LogP contribution >= 0.6 is 0 Å². The predicted octanol–water partition coefficient (Wildman–Crippen LogP) is 2.68. The van der Waals surface area contributed by atoms with E-state index in [0.29, 0.717) is 29.7 Å². The standard InChI is InChI=1S/C23H28N4O4S.C2HF3O2/c1-3-25-23(28)21-15-18-19(16-26-13-11-24-12-14-26)22(31-2)10-9-20(18)27(21)32(29,30)17-7-5-4-6-8-17;3-2(4,5)1(6)7/h4-10,15,24H,3,11-14,16H2,1-2H3,(H,25,28);(H,6,7). The van der Waals surface area contributed by atoms with Crippen molar-refractivity contribution in [2.75, 3.05) is 39.8 Å². The molecule has 2 heterocycles. The van der Waals surface area contributed by atoms with Gasteiger partial charge in [-0.25, -0.2) is 17.2 Å². The molecule has 0 unspecified atom stereocenters. The van der Waals surface area contributed by atoms with Gasteiger partial charge in [-0.1, -0.05) is 18.2 Å². The molecule has 4 rings (SSSR count). The largest absolute Gasteiger partial charge is 0.496 e. The van der Waals surface area contributed by atoms with Crippen molar-refractivity contribution in [3.05, 3.63) is 59.8 Å². The Bertz CT molecular complexity index is 1420. The topological polar surface area (TPSA) is 130 Å². The molecular weight excluding hydrogens is 541 g/mol. The summed E-state index contributed by atoms with van der Waals surface area (Å²) in [7, 11) is -2.39. The van der Waals surface area contributed by atoms with E-state index < -0.39 is 28.1 Å². The molecule has 0 spiro atoms. The summed E-state index contributed by atoms with van der Waals surface area (Å²) in [5.74, 6) is -2.52. The van der Waals surface area contributed by atoms with Crippen LogP contribution in [0.5, 0.6) is 5.75 Å². The molecule has 1 aromatic heterocycles. The third kappa shape index (κ3) is 6.88. The van der Waals surface area contributed by atoms with Gasteiger partial charge in [-0.2, -0.15) is 13.2 Å². The van der Waals surface area contributed by atoms with Crippen LogP contribution in [-0.2, 0) is 21.4 Å². The highest BCUT2D eigenvalue weighted by Gasteiger charge is 2.38. The summed E-state index contributed by atoms with van der Waals surface area (Å²) in [6.45, 7) is 6.35. The van der Waals surface area contributed by atoms with Crippen LogP contribution < -0.4 is 15.4 Å². The summed E-state index contributed by atoms with van der Waals surface area (Å²) < 4.78 is 65.8. The first-order chi connectivity index (χ1) is 18.4. The highest BCUT2D eigenvalue weighted by Crippen LogP contribution is 2.34. The predicted molar refractivity (Wildman–Crippen MR) is 137 cm³/mol. The van der Waals surface area contributed by atoms with Gasteiger partial charge in [0.25, 0.3) is 15.9 Å². The van der Waals surface area contributed by atoms with E-state index >= 15 is 0 Å². The first kappa shape index (κ1) is 29.9. The van der Waals surface area contributed by atoms with Crippen molar-refractivity contribution in [3.63, 3.8) is 0 Å². The number of nitrogens with one attached hydrogen (secondary N) is 2. The maximum atomic E-state index is 13.6. The van der Waals surface area contributed by atoms with Gasteiger partial charge in [0, 0.05) is 50.2 Å². The van der Waals surface area contributed by atoms with Crippen LogP contribution in [0.1, 0.15) is 23.0 Å². The number of piperazine rings is 1. The molecule has 39 heavy (non-hydrogen) atoms. The third-order valence-corrected chi connectivity index (χ3v) is 7.66. The molecule has 1 saturated heterocycles. The molecule has 212 valence electrons. The molecule has 1 aliphatic heterocycles. The van der Waals surface area contributed by atoms with Crippen molar-refractivity contribution in [1.82, 2.24) is 19.5 Å². The van der Waals surface area contributed by atoms with Gasteiger partial charge in [-0.3, -0.25) is 9.69 Å². The van der Waals surface area contributed by atoms with E-state index in [-0.39, 0.29) is 10.6 Å². The van der Waals surface area contributed by atoms with E-state index in [0.717, 1.165) is 35.7 Å². The Morgan fingerprint density at radius 1 is 1.10 bits per heavy atom. The van der Waals surface area contributed by atoms with Gasteiger partial charge in [0.15, 0.2) is 0 Å². The van der Waals surface area contributed by atoms with Gasteiger partial charge < -0.3 is 20.5 Å². The van der Waals surface area contributed by atoms with Gasteiger partial charge in [-0.05, 0) is 37.3 Å². The zero-order valence-corrected chi connectivity index (χ0v) is 22.1. The third-order valence-electron chi connectivity index (χ3n) is 5.91. The molecule has 0 radical (unpaired) electrons. The second-order valence-electron chi connectivity index (χ2n) is 8.48. The number of halogens is 3. The average molecular weight is 571 g/mol. The number of fused-ring (bicyclic) bond motifs is 1. The molecule has 0 aliphatic carbocycles. The minimum atomic E-state index is -5.08. The van der Waals surface area contributed by atoms with Gasteiger partial charge in [0.05, 0.1) is 17.5 Å². The summed E-state index contributed by atoms with van der Waals surface area (Å²) in [5.41, 5.74) is 1.42. The normalized spacial score (nSPS) is 14.4. The summed E-state index contributed by atoms with van der Waals surface area (Å²) in [6, 6.07) is 13.3. The highest BCUT2D eigenvalue weighted by atomic mass is 32.2. The van der Waals surface area contributed by atoms with Gasteiger partial charge in [-0.15, -0.1) is 0 Å². The second kappa shape index (κ2) is 12.5. The lowest BCUT2D eigenvalue weighted by atomic mass is 10.1. The molecule has 0 atom stereocenters. The fourth-order valence-electron chi connectivity index (χ4n) is 4.11. The maximum Gasteiger partial charge on any atom is 0.490 e. The Morgan fingerprint density at radius 2 is 1.72 bits per heavy atom. The van der Waals surface area contributed by atoms with Crippen LogP contribution in [0.15, 0.2) is 53.4 Å². The van der Waals surface area contributed by atoms with Gasteiger partial charge >= 0.3 is 12.1 Å². The number of hydrogen-bond acceptors (Lipinski definition) is 7. The Labute approximate surface area is 223 Å². The molecule has 14 heteroatoms.